The summed E-state index contributed by atoms with van der Waals surface area (Å²) in [7, 11) is 1.62. The minimum absolute atomic E-state index is 0.0105. The number of alkyl halides is 3. The van der Waals surface area contributed by atoms with Gasteiger partial charge in [0.25, 0.3) is 0 Å². The van der Waals surface area contributed by atoms with Gasteiger partial charge >= 0.3 is 6.18 Å². The Morgan fingerprint density at radius 3 is 2.19 bits per heavy atom. The molecule has 0 bridgehead atoms. The van der Waals surface area contributed by atoms with Gasteiger partial charge in [-0.25, -0.2) is 9.37 Å². The number of nitrogens with one attached hydrogen (secondary N) is 1. The maximum absolute atomic E-state index is 13.5. The second-order valence-corrected chi connectivity index (χ2v) is 7.04. The van der Waals surface area contributed by atoms with Gasteiger partial charge in [-0.15, -0.1) is 0 Å². The molecule has 4 N–H and O–H groups in total. The standard InChI is InChI=1S/C18H20ClF4N3O/c1-16(2,25-3)12-8-13(17(27,9-24)18(21,22)23)26-15(14(12)19)10-4-6-11(20)7-5-10/h4-8,25,27H,9,24H2,1-3H3/t17-/m1/s1. The molecule has 0 fully saturated rings. The van der Waals surface area contributed by atoms with Crippen molar-refractivity contribution in [2.24, 2.45) is 5.73 Å². The van der Waals surface area contributed by atoms with Crippen LogP contribution in [-0.2, 0) is 11.1 Å². The molecule has 0 aliphatic carbocycles. The van der Waals surface area contributed by atoms with Gasteiger partial charge in [0.1, 0.15) is 5.82 Å². The molecule has 148 valence electrons. The highest BCUT2D eigenvalue weighted by atomic mass is 35.5. The lowest BCUT2D eigenvalue weighted by Gasteiger charge is -2.32. The van der Waals surface area contributed by atoms with Crippen LogP contribution in [0.5, 0.6) is 0 Å². The summed E-state index contributed by atoms with van der Waals surface area (Å²) in [6, 6.07) is 6.06. The maximum Gasteiger partial charge on any atom is 0.424 e. The van der Waals surface area contributed by atoms with E-state index in [1.54, 1.807) is 20.9 Å². The zero-order valence-corrected chi connectivity index (χ0v) is 15.7. The molecule has 0 aliphatic heterocycles. The first-order valence-electron chi connectivity index (χ1n) is 8.03. The fourth-order valence-electron chi connectivity index (χ4n) is 2.50. The van der Waals surface area contributed by atoms with E-state index in [0.29, 0.717) is 5.56 Å². The van der Waals surface area contributed by atoms with Crippen molar-refractivity contribution in [3.05, 3.63) is 52.4 Å². The topological polar surface area (TPSA) is 71.2 Å². The van der Waals surface area contributed by atoms with Crippen LogP contribution in [0.4, 0.5) is 17.6 Å². The normalized spacial score (nSPS) is 14.9. The number of aliphatic hydroxyl groups is 1. The van der Waals surface area contributed by atoms with Crippen LogP contribution in [0.1, 0.15) is 25.1 Å². The molecule has 2 aromatic rings. The Morgan fingerprint density at radius 1 is 1.19 bits per heavy atom. The Balaban J connectivity index is 2.85. The SMILES string of the molecule is CNC(C)(C)c1cc([C@](O)(CN)C(F)(F)F)nc(-c2ccc(F)cc2)c1Cl. The quantitative estimate of drug-likeness (QED) is 0.663. The maximum atomic E-state index is 13.5. The predicted molar refractivity (Wildman–Crippen MR) is 95.7 cm³/mol. The Hall–Kier alpha value is -1.74. The number of nitrogens with two attached hydrogens (primary N) is 1. The van der Waals surface area contributed by atoms with Crippen LogP contribution in [-0.4, -0.2) is 29.9 Å². The van der Waals surface area contributed by atoms with Gasteiger partial charge in [0.15, 0.2) is 0 Å². The monoisotopic (exact) mass is 405 g/mol. The van der Waals surface area contributed by atoms with Crippen molar-refractivity contribution in [3.8, 4) is 11.3 Å². The summed E-state index contributed by atoms with van der Waals surface area (Å²) in [5.74, 6) is -0.518. The zero-order valence-electron chi connectivity index (χ0n) is 15.0. The van der Waals surface area contributed by atoms with Gasteiger partial charge in [0.05, 0.1) is 16.4 Å². The number of pyridine rings is 1. The minimum atomic E-state index is -5.05. The van der Waals surface area contributed by atoms with Crippen molar-refractivity contribution < 1.29 is 22.7 Å². The summed E-state index contributed by atoms with van der Waals surface area (Å²) < 4.78 is 53.8. The smallest absolute Gasteiger partial charge is 0.374 e. The van der Waals surface area contributed by atoms with Crippen molar-refractivity contribution in [3.63, 3.8) is 0 Å². The van der Waals surface area contributed by atoms with Crippen LogP contribution < -0.4 is 11.1 Å². The first-order chi connectivity index (χ1) is 12.4. The number of halogens is 5. The van der Waals surface area contributed by atoms with Gasteiger partial charge in [0.2, 0.25) is 5.60 Å². The Bertz CT molecular complexity index is 825. The molecule has 1 atom stereocenters. The highest BCUT2D eigenvalue weighted by molar-refractivity contribution is 6.34. The molecule has 0 spiro atoms. The van der Waals surface area contributed by atoms with Crippen molar-refractivity contribution in [2.75, 3.05) is 13.6 Å². The van der Waals surface area contributed by atoms with Crippen molar-refractivity contribution in [1.29, 1.82) is 0 Å². The van der Waals surface area contributed by atoms with Crippen LogP contribution in [0.3, 0.4) is 0 Å². The molecular formula is C18H20ClF4N3O. The number of nitrogens with zero attached hydrogens (tertiary/aromatic N) is 1. The first kappa shape index (κ1) is 21.6. The summed E-state index contributed by atoms with van der Waals surface area (Å²) in [5, 5.41) is 13.3. The minimum Gasteiger partial charge on any atom is -0.374 e. The summed E-state index contributed by atoms with van der Waals surface area (Å²) >= 11 is 6.44. The van der Waals surface area contributed by atoms with E-state index in [9.17, 15) is 22.7 Å². The fourth-order valence-corrected chi connectivity index (χ4v) is 2.94. The summed E-state index contributed by atoms with van der Waals surface area (Å²) in [4.78, 5) is 3.96. The van der Waals surface area contributed by atoms with E-state index >= 15 is 0 Å². The van der Waals surface area contributed by atoms with Crippen molar-refractivity contribution >= 4 is 11.6 Å². The van der Waals surface area contributed by atoms with E-state index in [0.717, 1.165) is 18.2 Å². The molecular weight excluding hydrogens is 386 g/mol. The highest BCUT2D eigenvalue weighted by Crippen LogP contribution is 2.42. The van der Waals surface area contributed by atoms with Crippen LogP contribution in [0, 0.1) is 5.82 Å². The third-order valence-electron chi connectivity index (χ3n) is 4.56. The molecule has 4 nitrogen and oxygen atoms in total. The van der Waals surface area contributed by atoms with E-state index in [1.807, 2.05) is 0 Å². The average molecular weight is 406 g/mol. The van der Waals surface area contributed by atoms with Gasteiger partial charge in [0, 0.05) is 17.6 Å². The van der Waals surface area contributed by atoms with Gasteiger partial charge in [-0.2, -0.15) is 13.2 Å². The van der Waals surface area contributed by atoms with Crippen molar-refractivity contribution in [2.45, 2.75) is 31.2 Å². The molecule has 0 amide bonds. The lowest BCUT2D eigenvalue weighted by atomic mass is 9.89. The van der Waals surface area contributed by atoms with Gasteiger partial charge < -0.3 is 16.2 Å². The van der Waals surface area contributed by atoms with Gasteiger partial charge in [-0.3, -0.25) is 0 Å². The van der Waals surface area contributed by atoms with Crippen LogP contribution in [0.15, 0.2) is 30.3 Å². The van der Waals surface area contributed by atoms with Crippen LogP contribution in [0.2, 0.25) is 5.02 Å². The molecule has 0 saturated carbocycles. The first-order valence-corrected chi connectivity index (χ1v) is 8.40. The third kappa shape index (κ3) is 3.94. The Morgan fingerprint density at radius 2 is 1.74 bits per heavy atom. The highest BCUT2D eigenvalue weighted by Gasteiger charge is 2.55. The molecule has 0 aliphatic rings. The average Bonchev–Trinajstić information content (AvgIpc) is 2.61. The molecule has 9 heteroatoms. The van der Waals surface area contributed by atoms with Crippen LogP contribution in [0.25, 0.3) is 11.3 Å². The second-order valence-electron chi connectivity index (χ2n) is 6.66. The second kappa shape index (κ2) is 7.35. The number of rotatable bonds is 5. The molecule has 1 aromatic carbocycles. The van der Waals surface area contributed by atoms with E-state index < -0.39 is 35.4 Å². The van der Waals surface area contributed by atoms with Gasteiger partial charge in [-0.1, -0.05) is 11.6 Å². The Labute approximate surface area is 159 Å². The van der Waals surface area contributed by atoms with E-state index in [4.69, 9.17) is 17.3 Å². The van der Waals surface area contributed by atoms with E-state index in [2.05, 4.69) is 10.3 Å². The van der Waals surface area contributed by atoms with Gasteiger partial charge in [-0.05, 0) is 56.8 Å². The number of benzene rings is 1. The lowest BCUT2D eigenvalue weighted by molar-refractivity contribution is -0.263. The lowest BCUT2D eigenvalue weighted by Crippen LogP contribution is -2.49. The van der Waals surface area contributed by atoms with E-state index in [1.165, 1.54) is 12.1 Å². The van der Waals surface area contributed by atoms with E-state index in [-0.39, 0.29) is 16.3 Å². The molecule has 1 heterocycles. The summed E-state index contributed by atoms with van der Waals surface area (Å²) in [6.45, 7) is 2.30. The number of hydrogen-bond donors (Lipinski definition) is 3. The van der Waals surface area contributed by atoms with Crippen molar-refractivity contribution in [1.82, 2.24) is 10.3 Å². The van der Waals surface area contributed by atoms with Crippen LogP contribution >= 0.6 is 11.6 Å². The molecule has 0 radical (unpaired) electrons. The largest absolute Gasteiger partial charge is 0.424 e. The Kier molecular flexibility index (Phi) is 5.87. The fraction of sp³-hybridized carbons (Fsp3) is 0.389. The molecule has 1 aromatic heterocycles. The predicted octanol–water partition coefficient (Wildman–Crippen LogP) is 3.70. The molecule has 0 saturated heterocycles. The number of hydrogen-bond acceptors (Lipinski definition) is 4. The zero-order chi connectivity index (χ0) is 20.6. The summed E-state index contributed by atoms with van der Waals surface area (Å²) in [5.41, 5.74) is 0.953. The third-order valence-corrected chi connectivity index (χ3v) is 4.94. The number of aromatic nitrogens is 1. The molecule has 2 rings (SSSR count). The molecule has 0 unspecified atom stereocenters. The molecule has 27 heavy (non-hydrogen) atoms. The summed E-state index contributed by atoms with van der Waals surface area (Å²) in [6.07, 6.45) is -5.05.